The minimum Gasteiger partial charge on any atom is -0.491 e. The van der Waals surface area contributed by atoms with Crippen LogP contribution in [0, 0.1) is 6.92 Å². The maximum absolute atomic E-state index is 12.5. The molecule has 2 aromatic carbocycles. The molecule has 3 rings (SSSR count). The summed E-state index contributed by atoms with van der Waals surface area (Å²) in [4.78, 5) is 37.8. The van der Waals surface area contributed by atoms with Gasteiger partial charge >= 0.3 is 6.03 Å². The molecule has 0 saturated carbocycles. The van der Waals surface area contributed by atoms with Gasteiger partial charge in [-0.15, -0.1) is 0 Å². The van der Waals surface area contributed by atoms with Gasteiger partial charge in [0.05, 0.1) is 6.10 Å². The molecule has 1 heterocycles. The summed E-state index contributed by atoms with van der Waals surface area (Å²) in [5.74, 6) is -0.272. The maximum atomic E-state index is 12.5. The predicted octanol–water partition coefficient (Wildman–Crippen LogP) is 3.31. The number of anilines is 1. The molecule has 0 bridgehead atoms. The summed E-state index contributed by atoms with van der Waals surface area (Å²) < 4.78 is 5.58. The van der Waals surface area contributed by atoms with E-state index in [9.17, 15) is 14.4 Å². The lowest BCUT2D eigenvalue weighted by atomic mass is 10.2. The fourth-order valence-corrected chi connectivity index (χ4v) is 2.86. The van der Waals surface area contributed by atoms with Crippen LogP contribution < -0.4 is 15.4 Å². The Morgan fingerprint density at radius 3 is 2.55 bits per heavy atom. The molecule has 0 spiro atoms. The highest BCUT2D eigenvalue weighted by Crippen LogP contribution is 2.18. The van der Waals surface area contributed by atoms with Crippen LogP contribution in [-0.4, -0.2) is 35.4 Å². The normalized spacial score (nSPS) is 15.0. The predicted molar refractivity (Wildman–Crippen MR) is 110 cm³/mol. The van der Waals surface area contributed by atoms with Crippen molar-refractivity contribution in [1.29, 1.82) is 0 Å². The average molecular weight is 393 g/mol. The van der Waals surface area contributed by atoms with E-state index in [4.69, 9.17) is 4.74 Å². The molecular weight excluding hydrogens is 370 g/mol. The second-order valence-electron chi connectivity index (χ2n) is 7.03. The number of imide groups is 1. The molecule has 1 aliphatic heterocycles. The Balaban J connectivity index is 1.65. The van der Waals surface area contributed by atoms with Gasteiger partial charge in [-0.05, 0) is 62.2 Å². The monoisotopic (exact) mass is 393 g/mol. The van der Waals surface area contributed by atoms with Crippen molar-refractivity contribution >= 4 is 29.6 Å². The lowest BCUT2D eigenvalue weighted by Gasteiger charge is -2.12. The smallest absolute Gasteiger partial charge is 0.329 e. The minimum atomic E-state index is -0.625. The van der Waals surface area contributed by atoms with E-state index in [0.29, 0.717) is 5.69 Å². The van der Waals surface area contributed by atoms with Crippen LogP contribution >= 0.6 is 0 Å². The molecule has 0 aliphatic carbocycles. The summed E-state index contributed by atoms with van der Waals surface area (Å²) in [7, 11) is 0. The Labute approximate surface area is 169 Å². The summed E-state index contributed by atoms with van der Waals surface area (Å²) in [5.41, 5.74) is 2.46. The topological polar surface area (TPSA) is 87.7 Å². The highest BCUT2D eigenvalue weighted by atomic mass is 16.5. The van der Waals surface area contributed by atoms with Crippen LogP contribution in [0.15, 0.2) is 54.2 Å². The van der Waals surface area contributed by atoms with E-state index in [-0.39, 0.29) is 18.3 Å². The van der Waals surface area contributed by atoms with Gasteiger partial charge in [-0.2, -0.15) is 0 Å². The third-order valence-corrected chi connectivity index (χ3v) is 4.13. The van der Waals surface area contributed by atoms with E-state index in [1.807, 2.05) is 39.0 Å². The highest BCUT2D eigenvalue weighted by molar-refractivity contribution is 6.15. The van der Waals surface area contributed by atoms with Crippen LogP contribution in [0.4, 0.5) is 10.5 Å². The maximum Gasteiger partial charge on any atom is 0.329 e. The lowest BCUT2D eigenvalue weighted by molar-refractivity contribution is -0.127. The van der Waals surface area contributed by atoms with Gasteiger partial charge in [-0.1, -0.05) is 24.3 Å². The molecule has 29 heavy (non-hydrogen) atoms. The zero-order valence-electron chi connectivity index (χ0n) is 16.6. The van der Waals surface area contributed by atoms with Crippen LogP contribution in [0.3, 0.4) is 0 Å². The summed E-state index contributed by atoms with van der Waals surface area (Å²) in [5, 5.41) is 5.21. The molecule has 1 aliphatic rings. The first kappa shape index (κ1) is 20.1. The van der Waals surface area contributed by atoms with Crippen LogP contribution in [0.5, 0.6) is 5.75 Å². The van der Waals surface area contributed by atoms with Gasteiger partial charge in [0.2, 0.25) is 5.91 Å². The highest BCUT2D eigenvalue weighted by Gasteiger charge is 2.34. The molecule has 150 valence electrons. The summed E-state index contributed by atoms with van der Waals surface area (Å²) in [6, 6.07) is 13.8. The summed E-state index contributed by atoms with van der Waals surface area (Å²) >= 11 is 0. The number of urea groups is 1. The van der Waals surface area contributed by atoms with Gasteiger partial charge in [-0.3, -0.25) is 9.59 Å². The molecule has 0 aromatic heterocycles. The standard InChI is InChI=1S/C22H23N3O4/c1-14(2)29-18-9-7-16(8-10-18)12-19-21(27)25(22(28)24-19)13-20(26)23-17-6-4-5-15(3)11-17/h4-12,14H,13H2,1-3H3,(H,23,26)(H,24,28)/b19-12+. The molecular formula is C22H23N3O4. The second-order valence-corrected chi connectivity index (χ2v) is 7.03. The number of nitrogens with zero attached hydrogens (tertiary/aromatic N) is 1. The Bertz CT molecular complexity index is 964. The number of nitrogens with one attached hydrogen (secondary N) is 2. The number of ether oxygens (including phenoxy) is 1. The molecule has 2 aromatic rings. The van der Waals surface area contributed by atoms with E-state index < -0.39 is 17.8 Å². The van der Waals surface area contributed by atoms with Crippen molar-refractivity contribution < 1.29 is 19.1 Å². The number of hydrogen-bond acceptors (Lipinski definition) is 4. The number of benzene rings is 2. The molecule has 0 radical (unpaired) electrons. The largest absolute Gasteiger partial charge is 0.491 e. The van der Waals surface area contributed by atoms with Crippen molar-refractivity contribution in [2.75, 3.05) is 11.9 Å². The molecule has 4 amide bonds. The number of hydrogen-bond donors (Lipinski definition) is 2. The van der Waals surface area contributed by atoms with E-state index >= 15 is 0 Å². The fraction of sp³-hybridized carbons (Fsp3) is 0.227. The molecule has 0 unspecified atom stereocenters. The van der Waals surface area contributed by atoms with Gasteiger partial charge in [0, 0.05) is 5.69 Å². The SMILES string of the molecule is Cc1cccc(NC(=O)CN2C(=O)N/C(=C/c3ccc(OC(C)C)cc3)C2=O)c1. The quantitative estimate of drug-likeness (QED) is 0.582. The van der Waals surface area contributed by atoms with E-state index in [0.717, 1.165) is 21.8 Å². The van der Waals surface area contributed by atoms with Gasteiger partial charge in [0.15, 0.2) is 0 Å². The van der Waals surface area contributed by atoms with E-state index in [1.165, 1.54) is 0 Å². The molecule has 7 heteroatoms. The molecule has 1 fully saturated rings. The van der Waals surface area contributed by atoms with Crippen molar-refractivity contribution in [3.8, 4) is 5.75 Å². The van der Waals surface area contributed by atoms with Crippen LogP contribution in [0.2, 0.25) is 0 Å². The average Bonchev–Trinajstić information content (AvgIpc) is 2.90. The van der Waals surface area contributed by atoms with Gasteiger partial charge in [0.1, 0.15) is 18.0 Å². The fourth-order valence-electron chi connectivity index (χ4n) is 2.86. The Morgan fingerprint density at radius 2 is 1.90 bits per heavy atom. The van der Waals surface area contributed by atoms with Crippen LogP contribution in [0.25, 0.3) is 6.08 Å². The van der Waals surface area contributed by atoms with Crippen molar-refractivity contribution in [2.45, 2.75) is 26.9 Å². The first-order valence-electron chi connectivity index (χ1n) is 9.29. The van der Waals surface area contributed by atoms with Crippen molar-refractivity contribution in [3.63, 3.8) is 0 Å². The Kier molecular flexibility index (Phi) is 5.97. The summed E-state index contributed by atoms with van der Waals surface area (Å²) in [6.45, 7) is 5.42. The van der Waals surface area contributed by atoms with Crippen molar-refractivity contribution in [2.24, 2.45) is 0 Å². The Morgan fingerprint density at radius 1 is 1.17 bits per heavy atom. The van der Waals surface area contributed by atoms with Crippen molar-refractivity contribution in [3.05, 3.63) is 65.4 Å². The number of amides is 4. The third-order valence-electron chi connectivity index (χ3n) is 4.13. The van der Waals surface area contributed by atoms with E-state index in [2.05, 4.69) is 10.6 Å². The zero-order valence-corrected chi connectivity index (χ0v) is 16.6. The first-order chi connectivity index (χ1) is 13.8. The van der Waals surface area contributed by atoms with Crippen LogP contribution in [-0.2, 0) is 9.59 Å². The van der Waals surface area contributed by atoms with Gasteiger partial charge in [-0.25, -0.2) is 9.69 Å². The molecule has 2 N–H and O–H groups in total. The number of carbonyl (C=O) groups excluding carboxylic acids is 3. The van der Waals surface area contributed by atoms with Crippen LogP contribution in [0.1, 0.15) is 25.0 Å². The number of carbonyl (C=O) groups is 3. The first-order valence-corrected chi connectivity index (χ1v) is 9.29. The third kappa shape index (κ3) is 5.22. The molecule has 0 atom stereocenters. The molecule has 1 saturated heterocycles. The second kappa shape index (κ2) is 8.60. The zero-order chi connectivity index (χ0) is 21.0. The van der Waals surface area contributed by atoms with E-state index in [1.54, 1.807) is 36.4 Å². The van der Waals surface area contributed by atoms with Gasteiger partial charge < -0.3 is 15.4 Å². The van der Waals surface area contributed by atoms with Crippen molar-refractivity contribution in [1.82, 2.24) is 10.2 Å². The Hall–Kier alpha value is -3.61. The molecule has 7 nitrogen and oxygen atoms in total. The lowest BCUT2D eigenvalue weighted by Crippen LogP contribution is -2.38. The minimum absolute atomic E-state index is 0.0643. The number of aryl methyl sites for hydroxylation is 1. The summed E-state index contributed by atoms with van der Waals surface area (Å²) in [6.07, 6.45) is 1.63. The van der Waals surface area contributed by atoms with Gasteiger partial charge in [0.25, 0.3) is 5.91 Å². The number of rotatable bonds is 6.